The molecule has 24 heavy (non-hydrogen) atoms. The maximum atomic E-state index is 12.3. The van der Waals surface area contributed by atoms with Gasteiger partial charge in [-0.1, -0.05) is 62.4 Å². The van der Waals surface area contributed by atoms with Gasteiger partial charge in [-0.25, -0.2) is 0 Å². The summed E-state index contributed by atoms with van der Waals surface area (Å²) in [6.45, 7) is 6.93. The minimum absolute atomic E-state index is 0.0759. The van der Waals surface area contributed by atoms with Crippen molar-refractivity contribution in [2.75, 3.05) is 11.4 Å². The number of benzene rings is 2. The Morgan fingerprint density at radius 3 is 2.58 bits per heavy atom. The number of hydrogen-bond donors (Lipinski definition) is 1. The van der Waals surface area contributed by atoms with Crippen LogP contribution in [0.25, 0.3) is 6.08 Å². The van der Waals surface area contributed by atoms with Gasteiger partial charge >= 0.3 is 0 Å². The minimum Gasteiger partial charge on any atom is -0.335 e. The molecule has 3 nitrogen and oxygen atoms in total. The van der Waals surface area contributed by atoms with Crippen LogP contribution in [0.15, 0.2) is 54.6 Å². The van der Waals surface area contributed by atoms with Crippen molar-refractivity contribution in [1.29, 1.82) is 0 Å². The van der Waals surface area contributed by atoms with E-state index in [-0.39, 0.29) is 11.3 Å². The predicted molar refractivity (Wildman–Crippen MR) is 97.9 cm³/mol. The van der Waals surface area contributed by atoms with Crippen LogP contribution in [0.5, 0.6) is 0 Å². The van der Waals surface area contributed by atoms with Gasteiger partial charge in [-0.3, -0.25) is 4.79 Å². The Balaban J connectivity index is 1.86. The maximum absolute atomic E-state index is 12.3. The van der Waals surface area contributed by atoms with Gasteiger partial charge in [0, 0.05) is 11.1 Å². The van der Waals surface area contributed by atoms with E-state index in [1.807, 2.05) is 18.2 Å². The van der Waals surface area contributed by atoms with Gasteiger partial charge in [-0.2, -0.15) is 0 Å². The van der Waals surface area contributed by atoms with Gasteiger partial charge in [-0.05, 0) is 35.8 Å². The molecule has 2 aromatic rings. The van der Waals surface area contributed by atoms with Gasteiger partial charge < -0.3 is 10.2 Å². The molecule has 0 saturated carbocycles. The molecule has 0 aliphatic carbocycles. The number of carbonyl (C=O) groups excluding carboxylic acids is 1. The van der Waals surface area contributed by atoms with E-state index in [1.54, 1.807) is 0 Å². The molecule has 2 aliphatic rings. The zero-order valence-corrected chi connectivity index (χ0v) is 14.3. The molecule has 0 aromatic heterocycles. The van der Waals surface area contributed by atoms with E-state index in [2.05, 4.69) is 73.5 Å². The number of nitrogens with one attached hydrogen (secondary N) is 1. The molecule has 1 N–H and O–H groups in total. The molecule has 0 radical (unpaired) electrons. The molecule has 1 fully saturated rings. The highest BCUT2D eigenvalue weighted by atomic mass is 16.2. The smallest absolute Gasteiger partial charge is 0.241 e. The Morgan fingerprint density at radius 1 is 1.08 bits per heavy atom. The lowest BCUT2D eigenvalue weighted by Crippen LogP contribution is -2.58. The van der Waals surface area contributed by atoms with Crippen LogP contribution in [0.1, 0.15) is 30.5 Å². The third-order valence-corrected chi connectivity index (χ3v) is 5.57. The van der Waals surface area contributed by atoms with Crippen LogP contribution < -0.4 is 10.2 Å². The van der Waals surface area contributed by atoms with Crippen LogP contribution in [0.4, 0.5) is 5.69 Å². The van der Waals surface area contributed by atoms with Crippen LogP contribution in [0.3, 0.4) is 0 Å². The first-order valence-electron chi connectivity index (χ1n) is 8.39. The lowest BCUT2D eigenvalue weighted by molar-refractivity contribution is -0.118. The number of aryl methyl sites for hydroxylation is 1. The summed E-state index contributed by atoms with van der Waals surface area (Å²) in [5, 5.41) is 3.26. The van der Waals surface area contributed by atoms with E-state index in [4.69, 9.17) is 0 Å². The van der Waals surface area contributed by atoms with E-state index < -0.39 is 5.66 Å². The molecular weight excluding hydrogens is 296 g/mol. The Kier molecular flexibility index (Phi) is 3.11. The molecular formula is C21H22N2O. The molecule has 1 atom stereocenters. The lowest BCUT2D eigenvalue weighted by Gasteiger charge is -2.40. The van der Waals surface area contributed by atoms with Gasteiger partial charge in [0.1, 0.15) is 5.66 Å². The zero-order valence-electron chi connectivity index (χ0n) is 14.3. The second kappa shape index (κ2) is 4.97. The van der Waals surface area contributed by atoms with E-state index in [9.17, 15) is 4.79 Å². The lowest BCUT2D eigenvalue weighted by atomic mass is 9.75. The van der Waals surface area contributed by atoms with Crippen molar-refractivity contribution in [2.24, 2.45) is 0 Å². The number of hydrogen-bond acceptors (Lipinski definition) is 2. The Morgan fingerprint density at radius 2 is 1.79 bits per heavy atom. The highest BCUT2D eigenvalue weighted by Crippen LogP contribution is 2.52. The second-order valence-corrected chi connectivity index (χ2v) is 7.23. The summed E-state index contributed by atoms with van der Waals surface area (Å²) in [7, 11) is 0. The van der Waals surface area contributed by atoms with E-state index in [1.165, 1.54) is 16.7 Å². The number of fused-ring (bicyclic) bond motifs is 3. The highest BCUT2D eigenvalue weighted by Gasteiger charge is 2.59. The first-order valence-corrected chi connectivity index (χ1v) is 8.39. The van der Waals surface area contributed by atoms with Gasteiger partial charge in [0.25, 0.3) is 0 Å². The zero-order chi connectivity index (χ0) is 16.9. The van der Waals surface area contributed by atoms with Crippen LogP contribution in [-0.4, -0.2) is 18.1 Å². The number of amides is 1. The molecule has 2 aliphatic heterocycles. The predicted octanol–water partition coefficient (Wildman–Crippen LogP) is 3.63. The van der Waals surface area contributed by atoms with Crippen molar-refractivity contribution in [2.45, 2.75) is 31.8 Å². The molecule has 0 bridgehead atoms. The summed E-state index contributed by atoms with van der Waals surface area (Å²) < 4.78 is 0. The van der Waals surface area contributed by atoms with Crippen LogP contribution >= 0.6 is 0 Å². The van der Waals surface area contributed by atoms with Crippen molar-refractivity contribution >= 4 is 17.7 Å². The van der Waals surface area contributed by atoms with Crippen molar-refractivity contribution in [3.05, 3.63) is 71.3 Å². The fourth-order valence-electron chi connectivity index (χ4n) is 4.12. The number of nitrogens with zero attached hydrogens (tertiary/aromatic N) is 1. The Bertz CT molecular complexity index is 852. The topological polar surface area (TPSA) is 32.3 Å². The fraction of sp³-hybridized carbons (Fsp3) is 0.286. The largest absolute Gasteiger partial charge is 0.335 e. The highest BCUT2D eigenvalue weighted by molar-refractivity contribution is 5.91. The fourth-order valence-corrected chi connectivity index (χ4v) is 4.12. The third kappa shape index (κ3) is 1.87. The van der Waals surface area contributed by atoms with Gasteiger partial charge in [-0.15, -0.1) is 0 Å². The normalized spacial score (nSPS) is 24.1. The van der Waals surface area contributed by atoms with E-state index >= 15 is 0 Å². The standard InChI is InChI=1S/C21H22N2O/c1-15-8-4-5-9-16(15)12-13-21-20(2,3)17-10-6-7-11-18(17)23(21)14-19(24)22-21/h4-13H,14H2,1-3H3,(H,22,24)/b13-12+. The van der Waals surface area contributed by atoms with Gasteiger partial charge in [0.05, 0.1) is 6.54 Å². The number of carbonyl (C=O) groups is 1. The Labute approximate surface area is 143 Å². The number of rotatable bonds is 2. The number of para-hydroxylation sites is 1. The third-order valence-electron chi connectivity index (χ3n) is 5.57. The maximum Gasteiger partial charge on any atom is 0.241 e. The van der Waals surface area contributed by atoms with Crippen LogP contribution in [-0.2, 0) is 10.2 Å². The molecule has 3 heteroatoms. The summed E-state index contributed by atoms with van der Waals surface area (Å²) in [4.78, 5) is 14.5. The van der Waals surface area contributed by atoms with E-state index in [0.29, 0.717) is 6.54 Å². The van der Waals surface area contributed by atoms with E-state index in [0.717, 1.165) is 5.69 Å². The summed E-state index contributed by atoms with van der Waals surface area (Å²) in [5.74, 6) is 0.0759. The molecule has 122 valence electrons. The van der Waals surface area contributed by atoms with Crippen molar-refractivity contribution < 1.29 is 4.79 Å². The van der Waals surface area contributed by atoms with Gasteiger partial charge in [0.2, 0.25) is 5.91 Å². The molecule has 4 rings (SSSR count). The first-order chi connectivity index (χ1) is 11.5. The first kappa shape index (κ1) is 15.0. The Hall–Kier alpha value is -2.55. The molecule has 1 unspecified atom stereocenters. The van der Waals surface area contributed by atoms with Crippen molar-refractivity contribution in [1.82, 2.24) is 5.32 Å². The molecule has 0 spiro atoms. The summed E-state index contributed by atoms with van der Waals surface area (Å²) >= 11 is 0. The minimum atomic E-state index is -0.518. The summed E-state index contributed by atoms with van der Waals surface area (Å²) in [6, 6.07) is 16.7. The SMILES string of the molecule is Cc1ccccc1/C=C/C12NC(=O)CN1c1ccccc1C2(C)C. The molecule has 1 saturated heterocycles. The van der Waals surface area contributed by atoms with Gasteiger partial charge in [0.15, 0.2) is 0 Å². The quantitative estimate of drug-likeness (QED) is 0.917. The molecule has 2 aromatic carbocycles. The van der Waals surface area contributed by atoms with Crippen molar-refractivity contribution in [3.8, 4) is 0 Å². The second-order valence-electron chi connectivity index (χ2n) is 7.23. The summed E-state index contributed by atoms with van der Waals surface area (Å²) in [5.41, 5.74) is 4.11. The van der Waals surface area contributed by atoms with Crippen LogP contribution in [0, 0.1) is 6.92 Å². The van der Waals surface area contributed by atoms with Crippen LogP contribution in [0.2, 0.25) is 0 Å². The molecule has 2 heterocycles. The average Bonchev–Trinajstić information content (AvgIpc) is 2.99. The summed E-state index contributed by atoms with van der Waals surface area (Å²) in [6.07, 6.45) is 4.31. The average molecular weight is 318 g/mol. The number of anilines is 1. The monoisotopic (exact) mass is 318 g/mol. The molecule has 1 amide bonds. The van der Waals surface area contributed by atoms with Crippen molar-refractivity contribution in [3.63, 3.8) is 0 Å².